The summed E-state index contributed by atoms with van der Waals surface area (Å²) in [6.45, 7) is 3.50. The number of rotatable bonds is 6. The summed E-state index contributed by atoms with van der Waals surface area (Å²) in [5.41, 5.74) is 0. The average molecular weight is 226 g/mol. The molecule has 1 rings (SSSR count). The number of nitrogens with one attached hydrogen (secondary N) is 1. The monoisotopic (exact) mass is 226 g/mol. The second-order valence-corrected chi connectivity index (χ2v) is 4.48. The number of thioether (sulfide) groups is 1. The number of aromatic nitrogens is 1. The fourth-order valence-electron chi connectivity index (χ4n) is 1.33. The highest BCUT2D eigenvalue weighted by atomic mass is 32.2. The molecule has 0 aliphatic rings. The van der Waals surface area contributed by atoms with Gasteiger partial charge in [-0.15, -0.1) is 0 Å². The number of carbonyl (C=O) groups is 1. The van der Waals surface area contributed by atoms with Crippen LogP contribution in [0.3, 0.4) is 0 Å². The number of hydrogen-bond acceptors (Lipinski definition) is 2. The van der Waals surface area contributed by atoms with Crippen LogP contribution in [0, 0.1) is 5.92 Å². The Morgan fingerprint density at radius 3 is 2.73 bits per heavy atom. The lowest BCUT2D eigenvalue weighted by Crippen LogP contribution is -2.32. The molecule has 0 unspecified atom stereocenters. The fraction of sp³-hybridized carbons (Fsp3) is 0.545. The van der Waals surface area contributed by atoms with Gasteiger partial charge in [-0.05, 0) is 18.4 Å². The van der Waals surface area contributed by atoms with Crippen LogP contribution in [-0.2, 0) is 11.3 Å². The molecule has 1 amide bonds. The molecule has 0 saturated carbocycles. The molecule has 1 aromatic heterocycles. The summed E-state index contributed by atoms with van der Waals surface area (Å²) < 4.78 is 2.06. The predicted octanol–water partition coefficient (Wildman–Crippen LogP) is 1.60. The van der Waals surface area contributed by atoms with E-state index in [-0.39, 0.29) is 11.8 Å². The SMILES string of the molecule is CSC[C@@H](C)C(=O)NCCn1cccc1. The van der Waals surface area contributed by atoms with Crippen LogP contribution in [0.4, 0.5) is 0 Å². The van der Waals surface area contributed by atoms with Gasteiger partial charge in [-0.25, -0.2) is 0 Å². The van der Waals surface area contributed by atoms with Crippen LogP contribution >= 0.6 is 11.8 Å². The maximum atomic E-state index is 11.5. The van der Waals surface area contributed by atoms with Crippen LogP contribution in [0.15, 0.2) is 24.5 Å². The van der Waals surface area contributed by atoms with E-state index in [0.29, 0.717) is 6.54 Å². The number of hydrogen-bond donors (Lipinski definition) is 1. The van der Waals surface area contributed by atoms with Crippen LogP contribution in [-0.4, -0.2) is 29.0 Å². The first kappa shape index (κ1) is 12.2. The van der Waals surface area contributed by atoms with Crippen molar-refractivity contribution < 1.29 is 4.79 Å². The first-order valence-electron chi connectivity index (χ1n) is 5.11. The molecule has 4 heteroatoms. The number of nitrogens with zero attached hydrogens (tertiary/aromatic N) is 1. The van der Waals surface area contributed by atoms with Crippen molar-refractivity contribution in [3.63, 3.8) is 0 Å². The second-order valence-electron chi connectivity index (χ2n) is 3.57. The van der Waals surface area contributed by atoms with Crippen molar-refractivity contribution in [1.29, 1.82) is 0 Å². The van der Waals surface area contributed by atoms with Gasteiger partial charge >= 0.3 is 0 Å². The predicted molar refractivity (Wildman–Crippen MR) is 65.0 cm³/mol. The minimum absolute atomic E-state index is 0.102. The summed E-state index contributed by atoms with van der Waals surface area (Å²) in [6, 6.07) is 3.97. The van der Waals surface area contributed by atoms with E-state index >= 15 is 0 Å². The van der Waals surface area contributed by atoms with Crippen LogP contribution in [0.1, 0.15) is 6.92 Å². The molecule has 0 aliphatic heterocycles. The van der Waals surface area contributed by atoms with E-state index < -0.39 is 0 Å². The average Bonchev–Trinajstić information content (AvgIpc) is 2.71. The van der Waals surface area contributed by atoms with Gasteiger partial charge in [0.05, 0.1) is 0 Å². The molecular weight excluding hydrogens is 208 g/mol. The van der Waals surface area contributed by atoms with Gasteiger partial charge in [0.25, 0.3) is 0 Å². The zero-order valence-corrected chi connectivity index (χ0v) is 10.1. The molecule has 0 bridgehead atoms. The summed E-state index contributed by atoms with van der Waals surface area (Å²) in [5, 5.41) is 2.93. The third kappa shape index (κ3) is 4.42. The molecule has 3 nitrogen and oxygen atoms in total. The largest absolute Gasteiger partial charge is 0.354 e. The fourth-order valence-corrected chi connectivity index (χ4v) is 1.98. The molecule has 0 aromatic carbocycles. The van der Waals surface area contributed by atoms with Crippen molar-refractivity contribution in [2.24, 2.45) is 5.92 Å². The third-order valence-corrected chi connectivity index (χ3v) is 3.03. The van der Waals surface area contributed by atoms with Crippen molar-refractivity contribution in [2.75, 3.05) is 18.6 Å². The Labute approximate surface area is 95.2 Å². The first-order chi connectivity index (χ1) is 7.24. The zero-order valence-electron chi connectivity index (χ0n) is 9.27. The lowest BCUT2D eigenvalue weighted by atomic mass is 10.2. The van der Waals surface area contributed by atoms with Gasteiger partial charge in [0.1, 0.15) is 0 Å². The molecule has 0 spiro atoms. The molecule has 0 saturated heterocycles. The summed E-state index contributed by atoms with van der Waals surface area (Å²) in [4.78, 5) is 11.5. The second kappa shape index (κ2) is 6.56. The maximum Gasteiger partial charge on any atom is 0.223 e. The van der Waals surface area contributed by atoms with Gasteiger partial charge in [-0.2, -0.15) is 11.8 Å². The van der Waals surface area contributed by atoms with E-state index in [2.05, 4.69) is 9.88 Å². The normalized spacial score (nSPS) is 12.4. The molecule has 1 atom stereocenters. The van der Waals surface area contributed by atoms with E-state index in [1.807, 2.05) is 37.7 Å². The molecule has 0 aliphatic carbocycles. The Balaban J connectivity index is 2.17. The van der Waals surface area contributed by atoms with E-state index in [1.165, 1.54) is 0 Å². The van der Waals surface area contributed by atoms with Gasteiger partial charge in [-0.1, -0.05) is 6.92 Å². The Kier molecular flexibility index (Phi) is 5.32. The van der Waals surface area contributed by atoms with Crippen molar-refractivity contribution in [2.45, 2.75) is 13.5 Å². The molecule has 84 valence electrons. The molecule has 15 heavy (non-hydrogen) atoms. The minimum atomic E-state index is 0.102. The molecule has 0 fully saturated rings. The van der Waals surface area contributed by atoms with Gasteiger partial charge in [0.2, 0.25) is 5.91 Å². The summed E-state index contributed by atoms with van der Waals surface area (Å²) in [6.07, 6.45) is 6.01. The zero-order chi connectivity index (χ0) is 11.1. The Bertz CT molecular complexity index is 285. The smallest absolute Gasteiger partial charge is 0.223 e. The number of amides is 1. The lowest BCUT2D eigenvalue weighted by Gasteiger charge is -2.11. The molecule has 1 N–H and O–H groups in total. The van der Waals surface area contributed by atoms with Gasteiger partial charge in [0.15, 0.2) is 0 Å². The maximum absolute atomic E-state index is 11.5. The molecule has 1 heterocycles. The van der Waals surface area contributed by atoms with Crippen molar-refractivity contribution in [1.82, 2.24) is 9.88 Å². The van der Waals surface area contributed by atoms with Crippen LogP contribution < -0.4 is 5.32 Å². The van der Waals surface area contributed by atoms with Gasteiger partial charge < -0.3 is 9.88 Å². The van der Waals surface area contributed by atoms with Crippen molar-refractivity contribution in [3.05, 3.63) is 24.5 Å². The molecule has 1 aromatic rings. The van der Waals surface area contributed by atoms with E-state index in [0.717, 1.165) is 12.3 Å². The number of carbonyl (C=O) groups excluding carboxylic acids is 1. The Hall–Kier alpha value is -0.900. The minimum Gasteiger partial charge on any atom is -0.354 e. The van der Waals surface area contributed by atoms with E-state index in [4.69, 9.17) is 0 Å². The Morgan fingerprint density at radius 1 is 1.47 bits per heavy atom. The highest BCUT2D eigenvalue weighted by molar-refractivity contribution is 7.98. The standard InChI is InChI=1S/C11H18N2OS/c1-10(9-15-2)11(14)12-5-8-13-6-3-4-7-13/h3-4,6-7,10H,5,8-9H2,1-2H3,(H,12,14)/t10-/m1/s1. The highest BCUT2D eigenvalue weighted by Crippen LogP contribution is 2.03. The molecular formula is C11H18N2OS. The summed E-state index contributed by atoms with van der Waals surface area (Å²) in [7, 11) is 0. The van der Waals surface area contributed by atoms with Crippen molar-refractivity contribution >= 4 is 17.7 Å². The van der Waals surface area contributed by atoms with Crippen molar-refractivity contribution in [3.8, 4) is 0 Å². The lowest BCUT2D eigenvalue weighted by molar-refractivity contribution is -0.123. The topological polar surface area (TPSA) is 34.0 Å². The quantitative estimate of drug-likeness (QED) is 0.799. The van der Waals surface area contributed by atoms with E-state index in [1.54, 1.807) is 11.8 Å². The van der Waals surface area contributed by atoms with Crippen LogP contribution in [0.5, 0.6) is 0 Å². The van der Waals surface area contributed by atoms with Crippen LogP contribution in [0.25, 0.3) is 0 Å². The summed E-state index contributed by atoms with van der Waals surface area (Å²) >= 11 is 1.70. The third-order valence-electron chi connectivity index (χ3n) is 2.20. The molecule has 0 radical (unpaired) electrons. The van der Waals surface area contributed by atoms with E-state index in [9.17, 15) is 4.79 Å². The van der Waals surface area contributed by atoms with Gasteiger partial charge in [0, 0.05) is 37.2 Å². The Morgan fingerprint density at radius 2 is 2.13 bits per heavy atom. The van der Waals surface area contributed by atoms with Crippen LogP contribution in [0.2, 0.25) is 0 Å². The van der Waals surface area contributed by atoms with Gasteiger partial charge in [-0.3, -0.25) is 4.79 Å². The summed E-state index contributed by atoms with van der Waals surface area (Å²) in [5.74, 6) is 1.14. The first-order valence-corrected chi connectivity index (χ1v) is 6.51. The highest BCUT2D eigenvalue weighted by Gasteiger charge is 2.10.